The molecule has 0 saturated heterocycles. The van der Waals surface area contributed by atoms with E-state index in [-0.39, 0.29) is 11.8 Å². The third kappa shape index (κ3) is 4.96. The number of hydrogen-bond donors (Lipinski definition) is 2. The first kappa shape index (κ1) is 22.3. The molecule has 7 nitrogen and oxygen atoms in total. The molecule has 170 valence electrons. The summed E-state index contributed by atoms with van der Waals surface area (Å²) < 4.78 is 10.6. The lowest BCUT2D eigenvalue weighted by molar-refractivity contribution is -0.121. The number of nitrogens with one attached hydrogen (secondary N) is 2. The van der Waals surface area contributed by atoms with E-state index in [0.29, 0.717) is 22.0 Å². The molecule has 2 aliphatic carbocycles. The number of para-hydroxylation sites is 2. The van der Waals surface area contributed by atoms with Crippen LogP contribution in [0.3, 0.4) is 0 Å². The Bertz CT molecular complexity index is 1010. The molecule has 0 spiro atoms. The number of esters is 1. The lowest BCUT2D eigenvalue weighted by Gasteiger charge is -2.20. The summed E-state index contributed by atoms with van der Waals surface area (Å²) in [6.07, 6.45) is 7.74. The summed E-state index contributed by atoms with van der Waals surface area (Å²) in [5, 5.41) is 6.25. The van der Waals surface area contributed by atoms with Gasteiger partial charge in [0, 0.05) is 10.8 Å². The average Bonchev–Trinajstić information content (AvgIpc) is 3.39. The molecule has 2 aliphatic rings. The van der Waals surface area contributed by atoms with Crippen molar-refractivity contribution in [2.45, 2.75) is 51.4 Å². The summed E-state index contributed by atoms with van der Waals surface area (Å²) in [5.41, 5.74) is 1.87. The van der Waals surface area contributed by atoms with Crippen LogP contribution in [0.5, 0.6) is 5.75 Å². The van der Waals surface area contributed by atoms with E-state index in [1.807, 2.05) is 0 Å². The van der Waals surface area contributed by atoms with Gasteiger partial charge in [0.1, 0.15) is 10.8 Å². The number of carbonyl (C=O) groups is 3. The Hall–Kier alpha value is -2.87. The number of ether oxygens (including phenoxy) is 2. The molecule has 8 heteroatoms. The Morgan fingerprint density at radius 3 is 2.59 bits per heavy atom. The van der Waals surface area contributed by atoms with Crippen molar-refractivity contribution in [2.75, 3.05) is 24.4 Å². The van der Waals surface area contributed by atoms with Gasteiger partial charge >= 0.3 is 5.97 Å². The van der Waals surface area contributed by atoms with E-state index in [9.17, 15) is 14.4 Å². The van der Waals surface area contributed by atoms with Crippen LogP contribution in [0.25, 0.3) is 0 Å². The number of aryl methyl sites for hydroxylation is 1. The van der Waals surface area contributed by atoms with Crippen LogP contribution < -0.4 is 15.4 Å². The Balaban J connectivity index is 1.42. The molecule has 2 N–H and O–H groups in total. The van der Waals surface area contributed by atoms with Crippen LogP contribution in [-0.2, 0) is 27.2 Å². The van der Waals surface area contributed by atoms with E-state index in [0.717, 1.165) is 55.4 Å². The van der Waals surface area contributed by atoms with Crippen LogP contribution in [0.1, 0.15) is 59.3 Å². The molecule has 0 unspecified atom stereocenters. The van der Waals surface area contributed by atoms with Crippen molar-refractivity contribution in [2.24, 2.45) is 5.92 Å². The zero-order valence-electron chi connectivity index (χ0n) is 18.2. The largest absolute Gasteiger partial charge is 0.495 e. The molecular weight excluding hydrogens is 428 g/mol. The number of fused-ring (bicyclic) bond motifs is 1. The quantitative estimate of drug-likeness (QED) is 0.596. The summed E-state index contributed by atoms with van der Waals surface area (Å²) >= 11 is 1.46. The maximum absolute atomic E-state index is 13.0. The van der Waals surface area contributed by atoms with E-state index >= 15 is 0 Å². The summed E-state index contributed by atoms with van der Waals surface area (Å²) in [6, 6.07) is 7.02. The monoisotopic (exact) mass is 456 g/mol. The van der Waals surface area contributed by atoms with Crippen LogP contribution in [0, 0.1) is 5.92 Å². The molecule has 32 heavy (non-hydrogen) atoms. The van der Waals surface area contributed by atoms with Crippen LogP contribution in [0.15, 0.2) is 24.3 Å². The van der Waals surface area contributed by atoms with Crippen molar-refractivity contribution < 1.29 is 23.9 Å². The Morgan fingerprint density at radius 2 is 1.81 bits per heavy atom. The van der Waals surface area contributed by atoms with E-state index in [1.165, 1.54) is 24.9 Å². The van der Waals surface area contributed by atoms with E-state index < -0.39 is 18.5 Å². The fourth-order valence-corrected chi connectivity index (χ4v) is 5.70. The lowest BCUT2D eigenvalue weighted by atomic mass is 9.89. The first-order chi connectivity index (χ1) is 15.6. The molecular formula is C24H28N2O5S. The standard InChI is InChI=1S/C24H28N2O5S/c1-30-18-12-6-5-11-17(18)25-20(27)14-31-24(29)21-16-10-7-13-19(16)32-23(21)26-22(28)15-8-3-2-4-9-15/h5-6,11-12,15H,2-4,7-10,13-14H2,1H3,(H,25,27)(H,26,28). The van der Waals surface area contributed by atoms with Crippen molar-refractivity contribution >= 4 is 39.8 Å². The van der Waals surface area contributed by atoms with Gasteiger partial charge in [-0.25, -0.2) is 4.79 Å². The van der Waals surface area contributed by atoms with Crippen LogP contribution >= 0.6 is 11.3 Å². The normalized spacial score (nSPS) is 15.7. The van der Waals surface area contributed by atoms with Crippen LogP contribution in [0.2, 0.25) is 0 Å². The zero-order chi connectivity index (χ0) is 22.5. The summed E-state index contributed by atoms with van der Waals surface area (Å²) in [6.45, 7) is -0.419. The minimum absolute atomic E-state index is 0.00353. The fraction of sp³-hybridized carbons (Fsp3) is 0.458. The minimum Gasteiger partial charge on any atom is -0.495 e. The molecule has 2 amide bonds. The molecule has 0 atom stereocenters. The van der Waals surface area contributed by atoms with Crippen molar-refractivity contribution in [3.63, 3.8) is 0 Å². The summed E-state index contributed by atoms with van der Waals surface area (Å²) in [4.78, 5) is 39.2. The first-order valence-electron chi connectivity index (χ1n) is 11.1. The Morgan fingerprint density at radius 1 is 1.03 bits per heavy atom. The summed E-state index contributed by atoms with van der Waals surface area (Å²) in [5.74, 6) is -0.527. The number of anilines is 2. The molecule has 0 bridgehead atoms. The Kier molecular flexibility index (Phi) is 7.09. The van der Waals surface area contributed by atoms with Gasteiger partial charge in [-0.15, -0.1) is 11.3 Å². The maximum atomic E-state index is 13.0. The van der Waals surface area contributed by atoms with Crippen molar-refractivity contribution in [1.82, 2.24) is 0 Å². The highest BCUT2D eigenvalue weighted by Gasteiger charge is 2.30. The number of benzene rings is 1. The highest BCUT2D eigenvalue weighted by molar-refractivity contribution is 7.17. The smallest absolute Gasteiger partial charge is 0.341 e. The number of methoxy groups -OCH3 is 1. The number of amides is 2. The Labute approximate surface area is 191 Å². The second kappa shape index (κ2) is 10.2. The first-order valence-corrected chi connectivity index (χ1v) is 11.9. The number of rotatable bonds is 7. The highest BCUT2D eigenvalue weighted by Crippen LogP contribution is 2.40. The second-order valence-corrected chi connectivity index (χ2v) is 9.32. The van der Waals surface area contributed by atoms with Gasteiger partial charge in [-0.2, -0.15) is 0 Å². The van der Waals surface area contributed by atoms with Crippen LogP contribution in [-0.4, -0.2) is 31.5 Å². The van der Waals surface area contributed by atoms with E-state index in [4.69, 9.17) is 9.47 Å². The van der Waals surface area contributed by atoms with Crippen molar-refractivity contribution in [1.29, 1.82) is 0 Å². The zero-order valence-corrected chi connectivity index (χ0v) is 19.0. The molecule has 1 saturated carbocycles. The SMILES string of the molecule is COc1ccccc1NC(=O)COC(=O)c1c(NC(=O)C2CCCCC2)sc2c1CCC2. The molecule has 1 aromatic heterocycles. The molecule has 2 aromatic rings. The van der Waals surface area contributed by atoms with Gasteiger partial charge < -0.3 is 20.1 Å². The van der Waals surface area contributed by atoms with Gasteiger partial charge in [-0.05, 0) is 49.8 Å². The minimum atomic E-state index is -0.571. The maximum Gasteiger partial charge on any atom is 0.341 e. The van der Waals surface area contributed by atoms with Gasteiger partial charge in [0.25, 0.3) is 5.91 Å². The average molecular weight is 457 g/mol. The molecule has 0 radical (unpaired) electrons. The fourth-order valence-electron chi connectivity index (χ4n) is 4.42. The van der Waals surface area contributed by atoms with Crippen molar-refractivity contribution in [3.8, 4) is 5.75 Å². The van der Waals surface area contributed by atoms with Gasteiger partial charge in [0.05, 0.1) is 18.4 Å². The van der Waals surface area contributed by atoms with Gasteiger partial charge in [0.15, 0.2) is 6.61 Å². The molecule has 1 fully saturated rings. The second-order valence-electron chi connectivity index (χ2n) is 8.21. The highest BCUT2D eigenvalue weighted by atomic mass is 32.1. The summed E-state index contributed by atoms with van der Waals surface area (Å²) in [7, 11) is 1.52. The number of hydrogen-bond acceptors (Lipinski definition) is 6. The topological polar surface area (TPSA) is 93.7 Å². The van der Waals surface area contributed by atoms with Crippen LogP contribution in [0.4, 0.5) is 10.7 Å². The lowest BCUT2D eigenvalue weighted by Crippen LogP contribution is -2.26. The van der Waals surface area contributed by atoms with Gasteiger partial charge in [0.2, 0.25) is 5.91 Å². The van der Waals surface area contributed by atoms with E-state index in [2.05, 4.69) is 10.6 Å². The van der Waals surface area contributed by atoms with Gasteiger partial charge in [-0.1, -0.05) is 31.4 Å². The number of carbonyl (C=O) groups excluding carboxylic acids is 3. The third-order valence-electron chi connectivity index (χ3n) is 6.05. The van der Waals surface area contributed by atoms with E-state index in [1.54, 1.807) is 24.3 Å². The van der Waals surface area contributed by atoms with Gasteiger partial charge in [-0.3, -0.25) is 9.59 Å². The molecule has 0 aliphatic heterocycles. The molecule has 4 rings (SSSR count). The molecule has 1 heterocycles. The third-order valence-corrected chi connectivity index (χ3v) is 7.26. The number of thiophene rings is 1. The molecule has 1 aromatic carbocycles. The van der Waals surface area contributed by atoms with Crippen molar-refractivity contribution in [3.05, 3.63) is 40.3 Å². The predicted molar refractivity (Wildman–Crippen MR) is 123 cm³/mol. The predicted octanol–water partition coefficient (Wildman–Crippen LogP) is 4.56.